The average Bonchev–Trinajstić information content (AvgIpc) is 2.75. The molecule has 0 saturated heterocycles. The Morgan fingerprint density at radius 2 is 1.64 bits per heavy atom. The van der Waals surface area contributed by atoms with Gasteiger partial charge in [0, 0.05) is 22.8 Å². The van der Waals surface area contributed by atoms with Crippen LogP contribution < -0.4 is 14.8 Å². The number of methoxy groups -OCH3 is 1. The third-order valence-corrected chi connectivity index (χ3v) is 4.30. The number of para-hydroxylation sites is 2. The molecule has 1 amide bonds. The number of hydrogen-bond donors (Lipinski definition) is 1. The molecule has 1 heterocycles. The van der Waals surface area contributed by atoms with Crippen molar-refractivity contribution in [2.75, 3.05) is 12.4 Å². The lowest BCUT2D eigenvalue weighted by molar-refractivity contribution is 0.102. The summed E-state index contributed by atoms with van der Waals surface area (Å²) in [5.41, 5.74) is 2.05. The van der Waals surface area contributed by atoms with Crippen molar-refractivity contribution in [1.29, 1.82) is 0 Å². The van der Waals surface area contributed by atoms with Crippen LogP contribution in [0.1, 0.15) is 10.4 Å². The Morgan fingerprint density at radius 1 is 0.857 bits per heavy atom. The summed E-state index contributed by atoms with van der Waals surface area (Å²) in [4.78, 5) is 17.0. The molecule has 1 N–H and O–H groups in total. The lowest BCUT2D eigenvalue weighted by Crippen LogP contribution is -2.12. The van der Waals surface area contributed by atoms with E-state index in [0.29, 0.717) is 28.5 Å². The van der Waals surface area contributed by atoms with Crippen molar-refractivity contribution in [3.05, 3.63) is 90.6 Å². The molecule has 0 spiro atoms. The highest BCUT2D eigenvalue weighted by molar-refractivity contribution is 6.12. The third kappa shape index (κ3) is 3.64. The number of nitrogens with one attached hydrogen (secondary N) is 1. The number of pyridine rings is 1. The van der Waals surface area contributed by atoms with Crippen LogP contribution in [0.5, 0.6) is 17.2 Å². The number of hydrogen-bond acceptors (Lipinski definition) is 4. The number of nitrogens with zero attached hydrogens (tertiary/aromatic N) is 1. The summed E-state index contributed by atoms with van der Waals surface area (Å²) < 4.78 is 11.1. The SMILES string of the molecule is COc1ccccc1Oc1ccc(NC(=O)c2cccc3ncccc23)cc1. The molecular formula is C23H18N2O3. The van der Waals surface area contributed by atoms with Crippen LogP contribution in [0.3, 0.4) is 0 Å². The van der Waals surface area contributed by atoms with Gasteiger partial charge >= 0.3 is 0 Å². The Kier molecular flexibility index (Phi) is 4.89. The van der Waals surface area contributed by atoms with Crippen LogP contribution in [0.15, 0.2) is 85.1 Å². The van der Waals surface area contributed by atoms with E-state index in [2.05, 4.69) is 10.3 Å². The molecule has 0 aliphatic heterocycles. The molecule has 3 aromatic carbocycles. The van der Waals surface area contributed by atoms with Crippen LogP contribution in [-0.2, 0) is 0 Å². The second-order valence-corrected chi connectivity index (χ2v) is 6.11. The molecule has 1 aromatic heterocycles. The molecule has 28 heavy (non-hydrogen) atoms. The fraction of sp³-hybridized carbons (Fsp3) is 0.0435. The minimum absolute atomic E-state index is 0.183. The quantitative estimate of drug-likeness (QED) is 0.519. The van der Waals surface area contributed by atoms with E-state index in [4.69, 9.17) is 9.47 Å². The Hall–Kier alpha value is -3.86. The van der Waals surface area contributed by atoms with E-state index in [0.717, 1.165) is 10.9 Å². The molecule has 0 aliphatic carbocycles. The van der Waals surface area contributed by atoms with Gasteiger partial charge in [-0.2, -0.15) is 0 Å². The van der Waals surface area contributed by atoms with Gasteiger partial charge in [0.25, 0.3) is 5.91 Å². The van der Waals surface area contributed by atoms with Gasteiger partial charge in [0.05, 0.1) is 12.6 Å². The minimum Gasteiger partial charge on any atom is -0.493 e. The first-order valence-electron chi connectivity index (χ1n) is 8.80. The van der Waals surface area contributed by atoms with Gasteiger partial charge in [-0.1, -0.05) is 24.3 Å². The summed E-state index contributed by atoms with van der Waals surface area (Å²) >= 11 is 0. The standard InChI is InChI=1S/C23H18N2O3/c1-27-21-9-2-3-10-22(21)28-17-13-11-16(12-14-17)25-23(26)19-6-4-8-20-18(19)7-5-15-24-20/h2-15H,1H3,(H,25,26). The van der Waals surface area contributed by atoms with Crippen LogP contribution in [0.2, 0.25) is 0 Å². The monoisotopic (exact) mass is 370 g/mol. The number of amides is 1. The topological polar surface area (TPSA) is 60.5 Å². The van der Waals surface area contributed by atoms with Gasteiger partial charge in [-0.15, -0.1) is 0 Å². The number of benzene rings is 3. The highest BCUT2D eigenvalue weighted by Crippen LogP contribution is 2.31. The van der Waals surface area contributed by atoms with Gasteiger partial charge in [-0.25, -0.2) is 0 Å². The molecule has 0 saturated carbocycles. The Balaban J connectivity index is 1.51. The van der Waals surface area contributed by atoms with Crippen LogP contribution in [0, 0.1) is 0 Å². The predicted octanol–water partition coefficient (Wildman–Crippen LogP) is 5.29. The van der Waals surface area contributed by atoms with E-state index in [9.17, 15) is 4.79 Å². The smallest absolute Gasteiger partial charge is 0.256 e. The summed E-state index contributed by atoms with van der Waals surface area (Å²) in [5, 5.41) is 3.74. The third-order valence-electron chi connectivity index (χ3n) is 4.30. The Morgan fingerprint density at radius 3 is 2.43 bits per heavy atom. The zero-order valence-electron chi connectivity index (χ0n) is 15.3. The van der Waals surface area contributed by atoms with Crippen molar-refractivity contribution in [2.45, 2.75) is 0 Å². The van der Waals surface area contributed by atoms with Gasteiger partial charge in [-0.05, 0) is 54.6 Å². The molecule has 0 bridgehead atoms. The van der Waals surface area contributed by atoms with E-state index in [1.165, 1.54) is 0 Å². The Bertz CT molecular complexity index is 1120. The van der Waals surface area contributed by atoms with Gasteiger partial charge in [0.15, 0.2) is 11.5 Å². The number of carbonyl (C=O) groups is 1. The normalized spacial score (nSPS) is 10.5. The van der Waals surface area contributed by atoms with Gasteiger partial charge in [0.1, 0.15) is 5.75 Å². The summed E-state index contributed by atoms with van der Waals surface area (Å²) in [6, 6.07) is 23.8. The highest BCUT2D eigenvalue weighted by Gasteiger charge is 2.11. The molecule has 5 nitrogen and oxygen atoms in total. The fourth-order valence-corrected chi connectivity index (χ4v) is 2.94. The first kappa shape index (κ1) is 17.5. The molecule has 4 rings (SSSR count). The van der Waals surface area contributed by atoms with E-state index >= 15 is 0 Å². The summed E-state index contributed by atoms with van der Waals surface area (Å²) in [5.74, 6) is 1.75. The number of anilines is 1. The van der Waals surface area contributed by atoms with Crippen molar-refractivity contribution in [3.8, 4) is 17.2 Å². The van der Waals surface area contributed by atoms with Crippen molar-refractivity contribution < 1.29 is 14.3 Å². The highest BCUT2D eigenvalue weighted by atomic mass is 16.5. The zero-order chi connectivity index (χ0) is 19.3. The Labute approximate surface area is 162 Å². The molecule has 5 heteroatoms. The first-order valence-corrected chi connectivity index (χ1v) is 8.80. The maximum atomic E-state index is 12.7. The molecule has 0 radical (unpaired) electrons. The largest absolute Gasteiger partial charge is 0.493 e. The molecule has 0 atom stereocenters. The van der Waals surface area contributed by atoms with Crippen molar-refractivity contribution >= 4 is 22.5 Å². The van der Waals surface area contributed by atoms with Crippen molar-refractivity contribution in [3.63, 3.8) is 0 Å². The first-order chi connectivity index (χ1) is 13.7. The van der Waals surface area contributed by atoms with Crippen LogP contribution in [-0.4, -0.2) is 18.0 Å². The van der Waals surface area contributed by atoms with E-state index in [1.807, 2.05) is 48.5 Å². The minimum atomic E-state index is -0.183. The second kappa shape index (κ2) is 7.80. The summed E-state index contributed by atoms with van der Waals surface area (Å²) in [7, 11) is 1.60. The molecule has 4 aromatic rings. The maximum absolute atomic E-state index is 12.7. The average molecular weight is 370 g/mol. The van der Waals surface area contributed by atoms with Crippen molar-refractivity contribution in [1.82, 2.24) is 4.98 Å². The molecule has 0 aliphatic rings. The molecule has 0 unspecified atom stereocenters. The van der Waals surface area contributed by atoms with Gasteiger partial charge in [-0.3, -0.25) is 9.78 Å². The maximum Gasteiger partial charge on any atom is 0.256 e. The lowest BCUT2D eigenvalue weighted by atomic mass is 10.1. The van der Waals surface area contributed by atoms with E-state index in [-0.39, 0.29) is 5.91 Å². The van der Waals surface area contributed by atoms with Crippen LogP contribution in [0.25, 0.3) is 10.9 Å². The summed E-state index contributed by atoms with van der Waals surface area (Å²) in [6.45, 7) is 0. The predicted molar refractivity (Wildman–Crippen MR) is 109 cm³/mol. The number of fused-ring (bicyclic) bond motifs is 1. The van der Waals surface area contributed by atoms with E-state index in [1.54, 1.807) is 43.6 Å². The summed E-state index contributed by atoms with van der Waals surface area (Å²) in [6.07, 6.45) is 1.71. The van der Waals surface area contributed by atoms with Crippen molar-refractivity contribution in [2.24, 2.45) is 0 Å². The lowest BCUT2D eigenvalue weighted by Gasteiger charge is -2.11. The second-order valence-electron chi connectivity index (χ2n) is 6.11. The van der Waals surface area contributed by atoms with Crippen LogP contribution >= 0.6 is 0 Å². The zero-order valence-corrected chi connectivity index (χ0v) is 15.3. The number of carbonyl (C=O) groups excluding carboxylic acids is 1. The fourth-order valence-electron chi connectivity index (χ4n) is 2.94. The number of aromatic nitrogens is 1. The number of ether oxygens (including phenoxy) is 2. The number of rotatable bonds is 5. The van der Waals surface area contributed by atoms with Crippen LogP contribution in [0.4, 0.5) is 5.69 Å². The molecule has 0 fully saturated rings. The van der Waals surface area contributed by atoms with E-state index < -0.39 is 0 Å². The molecular weight excluding hydrogens is 352 g/mol. The van der Waals surface area contributed by atoms with Gasteiger partial charge in [0.2, 0.25) is 0 Å². The molecule has 138 valence electrons. The van der Waals surface area contributed by atoms with Gasteiger partial charge < -0.3 is 14.8 Å².